The number of nitrogens with zero attached hydrogens (tertiary/aromatic N) is 1. The van der Waals surface area contributed by atoms with Crippen molar-refractivity contribution in [2.45, 2.75) is 45.1 Å². The molecule has 1 atom stereocenters. The molecule has 1 aromatic rings. The molecule has 7 heteroatoms. The van der Waals surface area contributed by atoms with Crippen LogP contribution in [-0.2, 0) is 20.9 Å². The van der Waals surface area contributed by atoms with Crippen LogP contribution in [-0.4, -0.2) is 29.2 Å². The molecule has 0 spiro atoms. The lowest BCUT2D eigenvalue weighted by atomic mass is 9.89. The molecule has 1 saturated carbocycles. The summed E-state index contributed by atoms with van der Waals surface area (Å²) >= 11 is 0. The molecule has 0 radical (unpaired) electrons. The molecule has 1 aliphatic carbocycles. The Morgan fingerprint density at radius 3 is 2.50 bits per heavy atom. The maximum absolute atomic E-state index is 12.2. The smallest absolute Gasteiger partial charge is 0.243 e. The zero-order chi connectivity index (χ0) is 16.9. The summed E-state index contributed by atoms with van der Waals surface area (Å²) in [6, 6.07) is 3.56. The topological polar surface area (TPSA) is 91.7 Å². The minimum atomic E-state index is -0.445. The molecule has 1 aromatic heterocycles. The highest BCUT2D eigenvalue weighted by molar-refractivity contribution is 5.90. The summed E-state index contributed by atoms with van der Waals surface area (Å²) in [5.74, 6) is -0.284. The quantitative estimate of drug-likeness (QED) is 0.814. The average Bonchev–Trinajstić information content (AvgIpc) is 3.24. The molecule has 1 aliphatic heterocycles. The second-order valence-corrected chi connectivity index (χ2v) is 6.57. The first kappa shape index (κ1) is 16.5. The van der Waals surface area contributed by atoms with E-state index in [2.05, 4.69) is 10.9 Å². The molecule has 2 aliphatic rings. The van der Waals surface area contributed by atoms with Crippen LogP contribution >= 0.6 is 0 Å². The fourth-order valence-corrected chi connectivity index (χ4v) is 3.38. The van der Waals surface area contributed by atoms with Gasteiger partial charge in [0, 0.05) is 18.9 Å². The molecule has 24 heavy (non-hydrogen) atoms. The molecule has 3 amide bonds. The van der Waals surface area contributed by atoms with Gasteiger partial charge in [0.25, 0.3) is 0 Å². The summed E-state index contributed by atoms with van der Waals surface area (Å²) in [6.07, 6.45) is 6.76. The Morgan fingerprint density at radius 2 is 1.83 bits per heavy atom. The number of likely N-dealkylation sites (tertiary alicyclic amines) is 1. The molecule has 2 fully saturated rings. The van der Waals surface area contributed by atoms with Crippen molar-refractivity contribution in [2.24, 2.45) is 11.8 Å². The van der Waals surface area contributed by atoms with Crippen LogP contribution in [0.5, 0.6) is 0 Å². The van der Waals surface area contributed by atoms with Crippen molar-refractivity contribution in [3.8, 4) is 0 Å². The van der Waals surface area contributed by atoms with Gasteiger partial charge in [-0.1, -0.05) is 19.3 Å². The normalized spacial score (nSPS) is 21.8. The van der Waals surface area contributed by atoms with Crippen LogP contribution in [0.3, 0.4) is 0 Å². The van der Waals surface area contributed by atoms with E-state index in [-0.39, 0.29) is 30.1 Å². The second-order valence-electron chi connectivity index (χ2n) is 6.57. The van der Waals surface area contributed by atoms with E-state index in [1.807, 2.05) is 0 Å². The summed E-state index contributed by atoms with van der Waals surface area (Å²) in [6.45, 7) is 0.703. The Morgan fingerprint density at radius 1 is 1.12 bits per heavy atom. The highest BCUT2D eigenvalue weighted by Gasteiger charge is 2.35. The molecule has 0 aromatic carbocycles. The van der Waals surface area contributed by atoms with Crippen molar-refractivity contribution < 1.29 is 18.8 Å². The third-order valence-corrected chi connectivity index (χ3v) is 4.80. The largest absolute Gasteiger partial charge is 0.467 e. The van der Waals surface area contributed by atoms with Gasteiger partial charge < -0.3 is 9.32 Å². The van der Waals surface area contributed by atoms with E-state index in [1.54, 1.807) is 23.3 Å². The van der Waals surface area contributed by atoms with E-state index in [0.717, 1.165) is 25.7 Å². The lowest BCUT2D eigenvalue weighted by Crippen LogP contribution is -2.47. The van der Waals surface area contributed by atoms with E-state index in [0.29, 0.717) is 18.8 Å². The van der Waals surface area contributed by atoms with Crippen molar-refractivity contribution in [3.63, 3.8) is 0 Å². The van der Waals surface area contributed by atoms with Crippen molar-refractivity contribution in [3.05, 3.63) is 24.2 Å². The van der Waals surface area contributed by atoms with Gasteiger partial charge in [-0.25, -0.2) is 0 Å². The first-order chi connectivity index (χ1) is 11.6. The van der Waals surface area contributed by atoms with Gasteiger partial charge in [0.15, 0.2) is 0 Å². The van der Waals surface area contributed by atoms with E-state index in [4.69, 9.17) is 4.42 Å². The Balaban J connectivity index is 1.45. The molecule has 1 saturated heterocycles. The molecular weight excluding hydrogens is 310 g/mol. The van der Waals surface area contributed by atoms with Crippen LogP contribution in [0.25, 0.3) is 0 Å². The van der Waals surface area contributed by atoms with Gasteiger partial charge in [-0.15, -0.1) is 0 Å². The first-order valence-corrected chi connectivity index (χ1v) is 8.53. The number of hydrogen-bond acceptors (Lipinski definition) is 4. The third-order valence-electron chi connectivity index (χ3n) is 4.80. The molecule has 0 bridgehead atoms. The number of hydrogen-bond donors (Lipinski definition) is 2. The molecular formula is C17H23N3O4. The number of carbonyl (C=O) groups is 3. The van der Waals surface area contributed by atoms with E-state index in [1.165, 1.54) is 6.42 Å². The van der Waals surface area contributed by atoms with Crippen molar-refractivity contribution >= 4 is 17.7 Å². The van der Waals surface area contributed by atoms with Gasteiger partial charge in [-0.2, -0.15) is 0 Å². The molecule has 1 unspecified atom stereocenters. The monoisotopic (exact) mass is 333 g/mol. The molecule has 3 rings (SSSR count). The van der Waals surface area contributed by atoms with Gasteiger partial charge in [-0.05, 0) is 25.0 Å². The Kier molecular flexibility index (Phi) is 5.17. The molecule has 7 nitrogen and oxygen atoms in total. The fourth-order valence-electron chi connectivity index (χ4n) is 3.38. The van der Waals surface area contributed by atoms with Crippen LogP contribution in [0.2, 0.25) is 0 Å². The zero-order valence-electron chi connectivity index (χ0n) is 13.6. The number of carbonyl (C=O) groups excluding carboxylic acids is 3. The number of rotatable bonds is 4. The Labute approximate surface area is 140 Å². The maximum Gasteiger partial charge on any atom is 0.243 e. The van der Waals surface area contributed by atoms with Crippen LogP contribution in [0.4, 0.5) is 0 Å². The number of furan rings is 1. The summed E-state index contributed by atoms with van der Waals surface area (Å²) in [4.78, 5) is 37.9. The van der Waals surface area contributed by atoms with Crippen molar-refractivity contribution in [1.82, 2.24) is 15.8 Å². The number of hydrazine groups is 1. The predicted molar refractivity (Wildman–Crippen MR) is 85.1 cm³/mol. The van der Waals surface area contributed by atoms with E-state index < -0.39 is 5.92 Å². The second kappa shape index (κ2) is 7.51. The van der Waals surface area contributed by atoms with Gasteiger partial charge >= 0.3 is 0 Å². The predicted octanol–water partition coefficient (Wildman–Crippen LogP) is 1.36. The minimum absolute atomic E-state index is 0.0142. The summed E-state index contributed by atoms with van der Waals surface area (Å²) in [5.41, 5.74) is 5.00. The number of nitrogens with one attached hydrogen (secondary N) is 2. The highest BCUT2D eigenvalue weighted by Crippen LogP contribution is 2.23. The van der Waals surface area contributed by atoms with Crippen LogP contribution in [0.15, 0.2) is 22.8 Å². The Bertz CT molecular complexity index is 593. The highest BCUT2D eigenvalue weighted by atomic mass is 16.3. The maximum atomic E-state index is 12.2. The van der Waals surface area contributed by atoms with Crippen LogP contribution in [0, 0.1) is 11.8 Å². The van der Waals surface area contributed by atoms with Gasteiger partial charge in [0.1, 0.15) is 5.76 Å². The fraction of sp³-hybridized carbons (Fsp3) is 0.588. The van der Waals surface area contributed by atoms with Gasteiger partial charge in [0.05, 0.1) is 18.7 Å². The Hall–Kier alpha value is -2.31. The van der Waals surface area contributed by atoms with Gasteiger partial charge in [-0.3, -0.25) is 25.2 Å². The van der Waals surface area contributed by atoms with Gasteiger partial charge in [0.2, 0.25) is 17.7 Å². The first-order valence-electron chi connectivity index (χ1n) is 8.53. The SMILES string of the molecule is O=C(NNC(=O)C1CC(=O)N(Cc2ccco2)C1)C1CCCCC1. The molecule has 130 valence electrons. The summed E-state index contributed by atoms with van der Waals surface area (Å²) in [7, 11) is 0. The van der Waals surface area contributed by atoms with Crippen LogP contribution < -0.4 is 10.9 Å². The third kappa shape index (κ3) is 3.96. The molecule has 2 heterocycles. The zero-order valence-corrected chi connectivity index (χ0v) is 13.6. The van der Waals surface area contributed by atoms with E-state index >= 15 is 0 Å². The number of amides is 3. The van der Waals surface area contributed by atoms with Crippen LogP contribution in [0.1, 0.15) is 44.3 Å². The standard InChI is InChI=1S/C17H23N3O4/c21-15-9-13(10-20(15)11-14-7-4-8-24-14)17(23)19-18-16(22)12-5-2-1-3-6-12/h4,7-8,12-13H,1-3,5-6,9-11H2,(H,18,22)(H,19,23). The minimum Gasteiger partial charge on any atom is -0.467 e. The lowest BCUT2D eigenvalue weighted by molar-refractivity contribution is -0.133. The van der Waals surface area contributed by atoms with Crippen molar-refractivity contribution in [2.75, 3.05) is 6.54 Å². The van der Waals surface area contributed by atoms with Crippen molar-refractivity contribution in [1.29, 1.82) is 0 Å². The summed E-state index contributed by atoms with van der Waals surface area (Å²) < 4.78 is 5.23. The van der Waals surface area contributed by atoms with E-state index in [9.17, 15) is 14.4 Å². The molecule has 2 N–H and O–H groups in total. The lowest BCUT2D eigenvalue weighted by Gasteiger charge is -2.21. The average molecular weight is 333 g/mol. The summed E-state index contributed by atoms with van der Waals surface area (Å²) in [5, 5.41) is 0.